The lowest BCUT2D eigenvalue weighted by atomic mass is 10.1. The molecule has 0 radical (unpaired) electrons. The number of thiazole rings is 1. The molecular weight excluding hydrogens is 310 g/mol. The van der Waals surface area contributed by atoms with Crippen molar-refractivity contribution in [1.82, 2.24) is 15.0 Å². The Hall–Kier alpha value is -2.54. The maximum Gasteiger partial charge on any atom is 0.228 e. The van der Waals surface area contributed by atoms with Crippen molar-refractivity contribution in [2.45, 2.75) is 12.8 Å². The van der Waals surface area contributed by atoms with Crippen LogP contribution in [0.3, 0.4) is 0 Å². The molecule has 0 bridgehead atoms. The van der Waals surface area contributed by atoms with Crippen molar-refractivity contribution in [1.29, 1.82) is 0 Å². The highest BCUT2D eigenvalue weighted by Gasteiger charge is 2.29. The number of amides is 1. The lowest BCUT2D eigenvalue weighted by molar-refractivity contribution is -0.117. The fraction of sp³-hybridized carbons (Fsp3) is 0.250. The summed E-state index contributed by atoms with van der Waals surface area (Å²) in [6.07, 6.45) is 7.26. The average Bonchev–Trinajstić information content (AvgIpc) is 3.29. The van der Waals surface area contributed by atoms with Gasteiger partial charge in [-0.05, 0) is 18.9 Å². The predicted molar refractivity (Wildman–Crippen MR) is 91.5 cm³/mol. The molecule has 0 atom stereocenters. The zero-order valence-electron chi connectivity index (χ0n) is 12.5. The molecule has 1 fully saturated rings. The third-order valence-electron chi connectivity index (χ3n) is 3.87. The summed E-state index contributed by atoms with van der Waals surface area (Å²) in [5, 5.41) is 10.7. The van der Waals surface area contributed by atoms with Gasteiger partial charge in [-0.25, -0.2) is 15.0 Å². The molecule has 0 aromatic carbocycles. The summed E-state index contributed by atoms with van der Waals surface area (Å²) in [5.41, 5.74) is 0.943. The van der Waals surface area contributed by atoms with E-state index in [1.54, 1.807) is 29.9 Å². The zero-order valence-corrected chi connectivity index (χ0v) is 13.4. The molecule has 7 heteroatoms. The van der Waals surface area contributed by atoms with E-state index in [-0.39, 0.29) is 11.8 Å². The van der Waals surface area contributed by atoms with Crippen molar-refractivity contribution in [3.63, 3.8) is 0 Å². The Balaban J connectivity index is 1.83. The number of pyridine rings is 2. The van der Waals surface area contributed by atoms with Gasteiger partial charge < -0.3 is 10.6 Å². The Labute approximate surface area is 137 Å². The van der Waals surface area contributed by atoms with Crippen molar-refractivity contribution >= 4 is 39.7 Å². The molecule has 0 spiro atoms. The van der Waals surface area contributed by atoms with E-state index in [2.05, 4.69) is 25.6 Å². The third-order valence-corrected chi connectivity index (χ3v) is 4.68. The second kappa shape index (κ2) is 5.58. The van der Waals surface area contributed by atoms with Crippen LogP contribution >= 0.6 is 11.3 Å². The molecule has 23 heavy (non-hydrogen) atoms. The molecule has 116 valence electrons. The molecule has 3 aromatic heterocycles. The van der Waals surface area contributed by atoms with Gasteiger partial charge in [-0.3, -0.25) is 4.79 Å². The van der Waals surface area contributed by atoms with Gasteiger partial charge in [-0.1, -0.05) is 0 Å². The molecule has 2 N–H and O–H groups in total. The molecule has 1 aliphatic rings. The number of aromatic nitrogens is 3. The molecule has 1 aliphatic carbocycles. The Morgan fingerprint density at radius 2 is 2.09 bits per heavy atom. The largest absolute Gasteiger partial charge is 0.373 e. The summed E-state index contributed by atoms with van der Waals surface area (Å²) in [5.74, 6) is 1.53. The summed E-state index contributed by atoms with van der Waals surface area (Å²) >= 11 is 1.56. The number of carbonyl (C=O) groups is 1. The van der Waals surface area contributed by atoms with E-state index in [0.29, 0.717) is 5.82 Å². The standard InChI is InChI=1S/C16H15N5OS/c1-17-14-11-7-19-13(21-15(22)9-2-3-9)6-10(11)12(8-20-14)16-18-4-5-23-16/h4-9H,2-3H2,1H3,(H,17,20)(H,19,21,22). The first-order chi connectivity index (χ1) is 11.3. The zero-order chi connectivity index (χ0) is 15.8. The Morgan fingerprint density at radius 3 is 2.78 bits per heavy atom. The van der Waals surface area contributed by atoms with E-state index in [1.807, 2.05) is 18.5 Å². The number of hydrogen-bond donors (Lipinski definition) is 2. The van der Waals surface area contributed by atoms with Crippen molar-refractivity contribution in [2.75, 3.05) is 17.7 Å². The van der Waals surface area contributed by atoms with E-state index in [9.17, 15) is 4.79 Å². The molecule has 0 aliphatic heterocycles. The van der Waals surface area contributed by atoms with Gasteiger partial charge in [-0.15, -0.1) is 11.3 Å². The van der Waals surface area contributed by atoms with E-state index < -0.39 is 0 Å². The Bertz CT molecular complexity index is 874. The fourth-order valence-corrected chi connectivity index (χ4v) is 3.17. The van der Waals surface area contributed by atoms with Crippen LogP contribution in [0.25, 0.3) is 21.3 Å². The van der Waals surface area contributed by atoms with Crippen LogP contribution in [-0.2, 0) is 4.79 Å². The number of carbonyl (C=O) groups excluding carboxylic acids is 1. The van der Waals surface area contributed by atoms with Crippen LogP contribution in [0.1, 0.15) is 12.8 Å². The summed E-state index contributed by atoms with van der Waals surface area (Å²) < 4.78 is 0. The lowest BCUT2D eigenvalue weighted by Gasteiger charge is -2.10. The first kappa shape index (κ1) is 14.1. The first-order valence-corrected chi connectivity index (χ1v) is 8.31. The van der Waals surface area contributed by atoms with Crippen molar-refractivity contribution in [2.24, 2.45) is 5.92 Å². The highest BCUT2D eigenvalue weighted by atomic mass is 32.1. The van der Waals surface area contributed by atoms with E-state index in [1.165, 1.54) is 0 Å². The smallest absolute Gasteiger partial charge is 0.228 e. The van der Waals surface area contributed by atoms with Gasteiger partial charge in [0.05, 0.1) is 0 Å². The quantitative estimate of drug-likeness (QED) is 0.770. The van der Waals surface area contributed by atoms with E-state index in [4.69, 9.17) is 0 Å². The number of anilines is 2. The third kappa shape index (κ3) is 2.63. The average molecular weight is 325 g/mol. The maximum atomic E-state index is 12.0. The molecule has 6 nitrogen and oxygen atoms in total. The van der Waals surface area contributed by atoms with Gasteiger partial charge >= 0.3 is 0 Å². The van der Waals surface area contributed by atoms with Gasteiger partial charge in [0.25, 0.3) is 0 Å². The molecule has 0 unspecified atom stereocenters. The highest BCUT2D eigenvalue weighted by molar-refractivity contribution is 7.13. The number of hydrogen-bond acceptors (Lipinski definition) is 6. The molecule has 4 rings (SSSR count). The second-order valence-corrected chi connectivity index (χ2v) is 6.38. The van der Waals surface area contributed by atoms with Crippen LogP contribution < -0.4 is 10.6 Å². The van der Waals surface area contributed by atoms with Gasteiger partial charge in [-0.2, -0.15) is 0 Å². The normalized spacial score (nSPS) is 14.0. The summed E-state index contributed by atoms with van der Waals surface area (Å²) in [6, 6.07) is 1.90. The van der Waals surface area contributed by atoms with Crippen molar-refractivity contribution in [3.8, 4) is 10.6 Å². The van der Waals surface area contributed by atoms with Crippen LogP contribution in [0.2, 0.25) is 0 Å². The second-order valence-electron chi connectivity index (χ2n) is 5.49. The van der Waals surface area contributed by atoms with Gasteiger partial charge in [0.1, 0.15) is 16.6 Å². The van der Waals surface area contributed by atoms with E-state index >= 15 is 0 Å². The monoisotopic (exact) mass is 325 g/mol. The van der Waals surface area contributed by atoms with Crippen LogP contribution in [0.15, 0.2) is 30.0 Å². The maximum absolute atomic E-state index is 12.0. The minimum absolute atomic E-state index is 0.0514. The topological polar surface area (TPSA) is 79.8 Å². The molecule has 0 saturated heterocycles. The summed E-state index contributed by atoms with van der Waals surface area (Å²) in [6.45, 7) is 0. The molecule has 3 aromatic rings. The van der Waals surface area contributed by atoms with Gasteiger partial charge in [0, 0.05) is 53.3 Å². The predicted octanol–water partition coefficient (Wildman–Crippen LogP) is 3.14. The number of nitrogens with zero attached hydrogens (tertiary/aromatic N) is 3. The van der Waals surface area contributed by atoms with Crippen LogP contribution in [-0.4, -0.2) is 27.9 Å². The number of fused-ring (bicyclic) bond motifs is 1. The van der Waals surface area contributed by atoms with Gasteiger partial charge in [0.2, 0.25) is 5.91 Å². The fourth-order valence-electron chi connectivity index (χ4n) is 2.50. The van der Waals surface area contributed by atoms with Crippen LogP contribution in [0.5, 0.6) is 0 Å². The Morgan fingerprint density at radius 1 is 1.22 bits per heavy atom. The Kier molecular flexibility index (Phi) is 3.42. The first-order valence-electron chi connectivity index (χ1n) is 7.43. The van der Waals surface area contributed by atoms with Crippen LogP contribution in [0, 0.1) is 5.92 Å². The van der Waals surface area contributed by atoms with Crippen molar-refractivity contribution in [3.05, 3.63) is 30.0 Å². The van der Waals surface area contributed by atoms with E-state index in [0.717, 1.165) is 40.0 Å². The summed E-state index contributed by atoms with van der Waals surface area (Å²) in [4.78, 5) is 25.1. The van der Waals surface area contributed by atoms with Gasteiger partial charge in [0.15, 0.2) is 0 Å². The minimum atomic E-state index is 0.0514. The molecule has 3 heterocycles. The SMILES string of the molecule is CNc1ncc(-c2nccs2)c2cc(NC(=O)C3CC3)ncc12. The lowest BCUT2D eigenvalue weighted by Crippen LogP contribution is -2.14. The minimum Gasteiger partial charge on any atom is -0.373 e. The van der Waals surface area contributed by atoms with Crippen molar-refractivity contribution < 1.29 is 4.79 Å². The molecular formula is C16H15N5OS. The number of rotatable bonds is 4. The summed E-state index contributed by atoms with van der Waals surface area (Å²) in [7, 11) is 1.83. The molecule has 1 saturated carbocycles. The molecule has 1 amide bonds. The van der Waals surface area contributed by atoms with Crippen LogP contribution in [0.4, 0.5) is 11.6 Å². The highest BCUT2D eigenvalue weighted by Crippen LogP contribution is 2.34. The number of nitrogens with one attached hydrogen (secondary N) is 2.